The lowest BCUT2D eigenvalue weighted by atomic mass is 10.2. The van der Waals surface area contributed by atoms with Crippen LogP contribution < -0.4 is 0 Å². The molecule has 0 aromatic carbocycles. The number of esters is 1. The second-order valence-electron chi connectivity index (χ2n) is 1.78. The van der Waals surface area contributed by atoms with Crippen LogP contribution in [0.1, 0.15) is 0 Å². The molecule has 1 N–H and O–H groups in total. The highest BCUT2D eigenvalue weighted by Gasteiger charge is 2.08. The van der Waals surface area contributed by atoms with Crippen LogP contribution in [0, 0.1) is 5.92 Å². The summed E-state index contributed by atoms with van der Waals surface area (Å²) < 4.78 is 4.28. The third kappa shape index (κ3) is 4.21. The Hall–Kier alpha value is -1.23. The normalized spacial score (nSPS) is 9.27. The number of aldehydes is 2. The summed E-state index contributed by atoms with van der Waals surface area (Å²) in [6, 6.07) is 0. The molecule has 0 bridgehead atoms. The number of carbonyl (C=O) groups excluding carboxylic acids is 3. The average molecular weight is 160 g/mol. The van der Waals surface area contributed by atoms with Gasteiger partial charge in [-0.25, -0.2) is 4.79 Å². The molecule has 0 saturated heterocycles. The van der Waals surface area contributed by atoms with Crippen LogP contribution in [0.25, 0.3) is 0 Å². The summed E-state index contributed by atoms with van der Waals surface area (Å²) in [7, 11) is 0. The maximum atomic E-state index is 10.2. The Morgan fingerprint density at radius 3 is 2.36 bits per heavy atom. The van der Waals surface area contributed by atoms with Crippen LogP contribution in [-0.2, 0) is 19.1 Å². The number of carbonyl (C=O) groups is 3. The summed E-state index contributed by atoms with van der Waals surface area (Å²) in [6.45, 7) is -1.04. The smallest absolute Gasteiger partial charge is 0.331 e. The molecule has 62 valence electrons. The van der Waals surface area contributed by atoms with Crippen LogP contribution in [0.5, 0.6) is 0 Å². The van der Waals surface area contributed by atoms with Crippen molar-refractivity contribution in [3.63, 3.8) is 0 Å². The summed E-state index contributed by atoms with van der Waals surface area (Å²) in [6.07, 6.45) is 0.745. The SMILES string of the molecule is O=CC(C=O)COC(=O)CO. The number of hydrogen-bond acceptors (Lipinski definition) is 5. The molecule has 0 aromatic rings. The number of aliphatic hydroxyl groups excluding tert-OH is 1. The van der Waals surface area contributed by atoms with E-state index in [0.29, 0.717) is 12.6 Å². The van der Waals surface area contributed by atoms with Crippen LogP contribution in [-0.4, -0.2) is 36.9 Å². The highest BCUT2D eigenvalue weighted by molar-refractivity contribution is 5.78. The summed E-state index contributed by atoms with van der Waals surface area (Å²) in [5.41, 5.74) is 0. The molecule has 0 aliphatic carbocycles. The molecule has 0 radical (unpaired) electrons. The van der Waals surface area contributed by atoms with Gasteiger partial charge in [-0.15, -0.1) is 0 Å². The van der Waals surface area contributed by atoms with E-state index in [9.17, 15) is 14.4 Å². The lowest BCUT2D eigenvalue weighted by Crippen LogP contribution is -2.18. The van der Waals surface area contributed by atoms with Crippen LogP contribution in [0.2, 0.25) is 0 Å². The Balaban J connectivity index is 3.58. The zero-order chi connectivity index (χ0) is 8.69. The van der Waals surface area contributed by atoms with Crippen molar-refractivity contribution in [2.45, 2.75) is 0 Å². The van der Waals surface area contributed by atoms with Gasteiger partial charge < -0.3 is 19.4 Å². The summed E-state index contributed by atoms with van der Waals surface area (Å²) >= 11 is 0. The first kappa shape index (κ1) is 9.77. The van der Waals surface area contributed by atoms with Crippen molar-refractivity contribution >= 4 is 18.5 Å². The first-order chi connectivity index (χ1) is 5.24. The van der Waals surface area contributed by atoms with Crippen molar-refractivity contribution < 1.29 is 24.2 Å². The van der Waals surface area contributed by atoms with Crippen LogP contribution in [0.3, 0.4) is 0 Å². The Labute approximate surface area is 63.0 Å². The maximum absolute atomic E-state index is 10.2. The first-order valence-electron chi connectivity index (χ1n) is 2.91. The van der Waals surface area contributed by atoms with Crippen molar-refractivity contribution in [3.05, 3.63) is 0 Å². The van der Waals surface area contributed by atoms with Gasteiger partial charge in [0.1, 0.15) is 31.7 Å². The minimum absolute atomic E-state index is 0.299. The van der Waals surface area contributed by atoms with Crippen LogP contribution in [0.4, 0.5) is 0 Å². The fraction of sp³-hybridized carbons (Fsp3) is 0.500. The molecule has 0 fully saturated rings. The lowest BCUT2D eigenvalue weighted by Gasteiger charge is -2.02. The quantitative estimate of drug-likeness (QED) is 0.302. The number of aliphatic hydroxyl groups is 1. The highest BCUT2D eigenvalue weighted by atomic mass is 16.5. The molecule has 0 aromatic heterocycles. The summed E-state index contributed by atoms with van der Waals surface area (Å²) in [5, 5.41) is 8.14. The molecular weight excluding hydrogens is 152 g/mol. The van der Waals surface area contributed by atoms with Crippen molar-refractivity contribution in [2.75, 3.05) is 13.2 Å². The molecule has 0 spiro atoms. The van der Waals surface area contributed by atoms with E-state index in [0.717, 1.165) is 0 Å². The van der Waals surface area contributed by atoms with Gasteiger partial charge in [-0.2, -0.15) is 0 Å². The molecule has 0 atom stereocenters. The molecule has 0 aliphatic heterocycles. The number of ether oxygens (including phenoxy) is 1. The molecule has 0 heterocycles. The van der Waals surface area contributed by atoms with Crippen molar-refractivity contribution in [1.29, 1.82) is 0 Å². The van der Waals surface area contributed by atoms with Gasteiger partial charge in [0.25, 0.3) is 0 Å². The second kappa shape index (κ2) is 5.55. The van der Waals surface area contributed by atoms with E-state index < -0.39 is 18.5 Å². The minimum atomic E-state index is -0.925. The first-order valence-corrected chi connectivity index (χ1v) is 2.91. The Kier molecular flexibility index (Phi) is 4.93. The van der Waals surface area contributed by atoms with Gasteiger partial charge in [0.15, 0.2) is 0 Å². The third-order valence-corrected chi connectivity index (χ3v) is 0.915. The molecule has 11 heavy (non-hydrogen) atoms. The van der Waals surface area contributed by atoms with Crippen LogP contribution in [0.15, 0.2) is 0 Å². The fourth-order valence-electron chi connectivity index (χ4n) is 0.345. The van der Waals surface area contributed by atoms with E-state index in [1.807, 2.05) is 0 Å². The summed E-state index contributed by atoms with van der Waals surface area (Å²) in [4.78, 5) is 30.1. The maximum Gasteiger partial charge on any atom is 0.331 e. The van der Waals surface area contributed by atoms with Crippen molar-refractivity contribution in [3.8, 4) is 0 Å². The Bertz CT molecular complexity index is 145. The van der Waals surface area contributed by atoms with Gasteiger partial charge in [-0.3, -0.25) is 0 Å². The highest BCUT2D eigenvalue weighted by Crippen LogP contribution is 1.88. The van der Waals surface area contributed by atoms with E-state index in [1.165, 1.54) is 0 Å². The number of hydrogen-bond donors (Lipinski definition) is 1. The van der Waals surface area contributed by atoms with Crippen LogP contribution >= 0.6 is 0 Å². The molecule has 0 amide bonds. The second-order valence-corrected chi connectivity index (χ2v) is 1.78. The Morgan fingerprint density at radius 2 is 2.00 bits per heavy atom. The predicted molar refractivity (Wildman–Crippen MR) is 33.7 cm³/mol. The molecule has 5 nitrogen and oxygen atoms in total. The minimum Gasteiger partial charge on any atom is -0.463 e. The molecule has 0 unspecified atom stereocenters. The van der Waals surface area contributed by atoms with E-state index in [-0.39, 0.29) is 6.61 Å². The van der Waals surface area contributed by atoms with Gasteiger partial charge in [-0.05, 0) is 0 Å². The van der Waals surface area contributed by atoms with E-state index in [1.54, 1.807) is 0 Å². The van der Waals surface area contributed by atoms with Gasteiger partial charge in [0.05, 0.1) is 0 Å². The fourth-order valence-corrected chi connectivity index (χ4v) is 0.345. The van der Waals surface area contributed by atoms with Gasteiger partial charge in [0, 0.05) is 0 Å². The molecule has 5 heteroatoms. The third-order valence-electron chi connectivity index (χ3n) is 0.915. The van der Waals surface area contributed by atoms with Crippen molar-refractivity contribution in [1.82, 2.24) is 0 Å². The molecule has 0 aliphatic rings. The zero-order valence-corrected chi connectivity index (χ0v) is 5.73. The zero-order valence-electron chi connectivity index (χ0n) is 5.73. The predicted octanol–water partition coefficient (Wildman–Crippen LogP) is -1.46. The van der Waals surface area contributed by atoms with Gasteiger partial charge >= 0.3 is 5.97 Å². The van der Waals surface area contributed by atoms with E-state index >= 15 is 0 Å². The number of rotatable bonds is 5. The monoisotopic (exact) mass is 160 g/mol. The topological polar surface area (TPSA) is 80.7 Å². The molecule has 0 saturated carbocycles. The van der Waals surface area contributed by atoms with Crippen molar-refractivity contribution in [2.24, 2.45) is 5.92 Å². The lowest BCUT2D eigenvalue weighted by molar-refractivity contribution is -0.148. The average Bonchev–Trinajstić information content (AvgIpc) is 2.06. The molecular formula is C6H8O5. The van der Waals surface area contributed by atoms with Gasteiger partial charge in [0.2, 0.25) is 0 Å². The van der Waals surface area contributed by atoms with E-state index in [4.69, 9.17) is 5.11 Å². The summed E-state index contributed by atoms with van der Waals surface area (Å²) in [5.74, 6) is -1.77. The Morgan fingerprint density at radius 1 is 1.45 bits per heavy atom. The molecule has 0 rings (SSSR count). The van der Waals surface area contributed by atoms with Gasteiger partial charge in [-0.1, -0.05) is 0 Å². The largest absolute Gasteiger partial charge is 0.463 e. The standard InChI is InChI=1S/C6H8O5/c7-1-5(2-8)4-11-6(10)3-9/h1-2,5,9H,3-4H2. The van der Waals surface area contributed by atoms with E-state index in [2.05, 4.69) is 4.74 Å².